The maximum Gasteiger partial charge on any atom is 0.274 e. The maximum atomic E-state index is 12.6. The van der Waals surface area contributed by atoms with Crippen LogP contribution in [0, 0.1) is 20.8 Å². The molecule has 0 spiro atoms. The highest BCUT2D eigenvalue weighted by Gasteiger charge is 2.18. The van der Waals surface area contributed by atoms with Crippen LogP contribution in [0.3, 0.4) is 0 Å². The molecular formula is C18H22N4O. The zero-order valence-corrected chi connectivity index (χ0v) is 13.9. The van der Waals surface area contributed by atoms with Crippen molar-refractivity contribution in [3.8, 4) is 0 Å². The number of rotatable bonds is 3. The first-order valence-electron chi connectivity index (χ1n) is 8.03. The number of aryl methyl sites for hydroxylation is 2. The van der Waals surface area contributed by atoms with Gasteiger partial charge in [-0.05, 0) is 56.9 Å². The molecule has 0 bridgehead atoms. The molecule has 3 rings (SSSR count). The molecule has 0 atom stereocenters. The van der Waals surface area contributed by atoms with E-state index in [-0.39, 0.29) is 5.91 Å². The number of carbonyl (C=O) groups is 1. The van der Waals surface area contributed by atoms with Gasteiger partial charge in [0.1, 0.15) is 5.69 Å². The molecular weight excluding hydrogens is 288 g/mol. The van der Waals surface area contributed by atoms with E-state index in [1.165, 1.54) is 0 Å². The Hall–Kier alpha value is -2.43. The van der Waals surface area contributed by atoms with Crippen LogP contribution in [-0.2, 0) is 0 Å². The van der Waals surface area contributed by atoms with E-state index in [0.29, 0.717) is 11.6 Å². The summed E-state index contributed by atoms with van der Waals surface area (Å²) >= 11 is 0. The van der Waals surface area contributed by atoms with Gasteiger partial charge in [0, 0.05) is 24.5 Å². The highest BCUT2D eigenvalue weighted by Crippen LogP contribution is 2.20. The molecule has 0 saturated carbocycles. The summed E-state index contributed by atoms with van der Waals surface area (Å²) in [4.78, 5) is 23.7. The van der Waals surface area contributed by atoms with Crippen molar-refractivity contribution < 1.29 is 4.79 Å². The van der Waals surface area contributed by atoms with Gasteiger partial charge in [0.2, 0.25) is 5.95 Å². The van der Waals surface area contributed by atoms with E-state index < -0.39 is 0 Å². The predicted molar refractivity (Wildman–Crippen MR) is 92.1 cm³/mol. The first kappa shape index (κ1) is 15.5. The number of aromatic nitrogens is 2. The largest absolute Gasteiger partial charge is 0.341 e. The van der Waals surface area contributed by atoms with Crippen molar-refractivity contribution in [1.82, 2.24) is 9.97 Å². The van der Waals surface area contributed by atoms with E-state index >= 15 is 0 Å². The van der Waals surface area contributed by atoms with Crippen molar-refractivity contribution in [3.05, 3.63) is 46.8 Å². The van der Waals surface area contributed by atoms with Crippen LogP contribution in [0.15, 0.2) is 24.3 Å². The molecule has 5 nitrogen and oxygen atoms in total. The summed E-state index contributed by atoms with van der Waals surface area (Å²) in [6, 6.07) is 7.62. The number of amides is 1. The summed E-state index contributed by atoms with van der Waals surface area (Å²) in [5, 5.41) is 2.96. The molecule has 1 saturated heterocycles. The third-order valence-electron chi connectivity index (χ3n) is 4.32. The Labute approximate surface area is 136 Å². The van der Waals surface area contributed by atoms with Crippen LogP contribution in [-0.4, -0.2) is 29.0 Å². The predicted octanol–water partition coefficient (Wildman–Crippen LogP) is 3.25. The van der Waals surface area contributed by atoms with Gasteiger partial charge in [-0.25, -0.2) is 9.97 Å². The SMILES string of the molecule is Cc1cc(C(=O)Nc2cccc(C)c2C)nc(N2CCCC2)n1. The normalized spacial score (nSPS) is 14.1. The fourth-order valence-corrected chi connectivity index (χ4v) is 2.80. The molecule has 23 heavy (non-hydrogen) atoms. The number of hydrogen-bond donors (Lipinski definition) is 1. The number of carbonyl (C=O) groups excluding carboxylic acids is 1. The molecule has 1 aliphatic heterocycles. The maximum absolute atomic E-state index is 12.6. The summed E-state index contributed by atoms with van der Waals surface area (Å²) in [5.41, 5.74) is 4.29. The van der Waals surface area contributed by atoms with E-state index in [2.05, 4.69) is 20.2 Å². The van der Waals surface area contributed by atoms with Crippen molar-refractivity contribution >= 4 is 17.5 Å². The van der Waals surface area contributed by atoms with Gasteiger partial charge >= 0.3 is 0 Å². The van der Waals surface area contributed by atoms with Gasteiger partial charge in [0.15, 0.2) is 0 Å². The van der Waals surface area contributed by atoms with Crippen LogP contribution < -0.4 is 10.2 Å². The summed E-state index contributed by atoms with van der Waals surface area (Å²) < 4.78 is 0. The lowest BCUT2D eigenvalue weighted by atomic mass is 10.1. The number of nitrogens with one attached hydrogen (secondary N) is 1. The van der Waals surface area contributed by atoms with Crippen molar-refractivity contribution in [2.75, 3.05) is 23.3 Å². The summed E-state index contributed by atoms with van der Waals surface area (Å²) in [5.74, 6) is 0.471. The summed E-state index contributed by atoms with van der Waals surface area (Å²) in [6.07, 6.45) is 2.31. The number of benzene rings is 1. The minimum absolute atomic E-state index is 0.190. The molecule has 120 valence electrons. The molecule has 0 unspecified atom stereocenters. The average Bonchev–Trinajstić information content (AvgIpc) is 3.05. The van der Waals surface area contributed by atoms with Crippen molar-refractivity contribution in [2.45, 2.75) is 33.6 Å². The first-order chi connectivity index (χ1) is 11.0. The van der Waals surface area contributed by atoms with E-state index in [1.807, 2.05) is 39.0 Å². The lowest BCUT2D eigenvalue weighted by Crippen LogP contribution is -2.23. The third-order valence-corrected chi connectivity index (χ3v) is 4.32. The molecule has 1 aliphatic rings. The monoisotopic (exact) mass is 310 g/mol. The second-order valence-electron chi connectivity index (χ2n) is 6.09. The molecule has 1 aromatic carbocycles. The van der Waals surface area contributed by atoms with Crippen LogP contribution in [0.5, 0.6) is 0 Å². The van der Waals surface area contributed by atoms with Gasteiger partial charge in [0.05, 0.1) is 0 Å². The van der Waals surface area contributed by atoms with E-state index in [9.17, 15) is 4.79 Å². The van der Waals surface area contributed by atoms with Crippen LogP contribution in [0.4, 0.5) is 11.6 Å². The van der Waals surface area contributed by atoms with Crippen LogP contribution in [0.25, 0.3) is 0 Å². The fourth-order valence-electron chi connectivity index (χ4n) is 2.80. The Bertz CT molecular complexity index is 736. The Morgan fingerprint density at radius 2 is 1.87 bits per heavy atom. The minimum Gasteiger partial charge on any atom is -0.341 e. The van der Waals surface area contributed by atoms with Crippen molar-refractivity contribution in [3.63, 3.8) is 0 Å². The standard InChI is InChI=1S/C18H22N4O/c1-12-7-6-8-15(14(12)3)20-17(23)16-11-13(2)19-18(21-16)22-9-4-5-10-22/h6-8,11H,4-5,9-10H2,1-3H3,(H,20,23). The van der Waals surface area contributed by atoms with Gasteiger partial charge in [-0.15, -0.1) is 0 Å². The van der Waals surface area contributed by atoms with E-state index in [0.717, 1.165) is 48.4 Å². The lowest BCUT2D eigenvalue weighted by molar-refractivity contribution is 0.102. The molecule has 2 aromatic rings. The van der Waals surface area contributed by atoms with Crippen molar-refractivity contribution in [1.29, 1.82) is 0 Å². The van der Waals surface area contributed by atoms with Crippen LogP contribution in [0.1, 0.15) is 40.2 Å². The van der Waals surface area contributed by atoms with Gasteiger partial charge in [-0.2, -0.15) is 0 Å². The molecule has 1 amide bonds. The average molecular weight is 310 g/mol. The quantitative estimate of drug-likeness (QED) is 0.945. The zero-order valence-electron chi connectivity index (χ0n) is 13.9. The smallest absolute Gasteiger partial charge is 0.274 e. The Balaban J connectivity index is 1.85. The van der Waals surface area contributed by atoms with Gasteiger partial charge in [-0.3, -0.25) is 4.79 Å². The minimum atomic E-state index is -0.190. The molecule has 0 aliphatic carbocycles. The molecule has 1 aromatic heterocycles. The molecule has 2 heterocycles. The third kappa shape index (κ3) is 3.33. The second-order valence-corrected chi connectivity index (χ2v) is 6.09. The number of anilines is 2. The van der Waals surface area contributed by atoms with Gasteiger partial charge < -0.3 is 10.2 Å². The van der Waals surface area contributed by atoms with Crippen LogP contribution in [0.2, 0.25) is 0 Å². The number of nitrogens with zero attached hydrogens (tertiary/aromatic N) is 3. The summed E-state index contributed by atoms with van der Waals surface area (Å²) in [6.45, 7) is 7.86. The molecule has 0 radical (unpaired) electrons. The topological polar surface area (TPSA) is 58.1 Å². The summed E-state index contributed by atoms with van der Waals surface area (Å²) in [7, 11) is 0. The lowest BCUT2D eigenvalue weighted by Gasteiger charge is -2.16. The van der Waals surface area contributed by atoms with E-state index in [1.54, 1.807) is 6.07 Å². The van der Waals surface area contributed by atoms with Crippen LogP contribution >= 0.6 is 0 Å². The Morgan fingerprint density at radius 3 is 2.61 bits per heavy atom. The Morgan fingerprint density at radius 1 is 1.13 bits per heavy atom. The van der Waals surface area contributed by atoms with E-state index in [4.69, 9.17) is 0 Å². The van der Waals surface area contributed by atoms with Gasteiger partial charge in [-0.1, -0.05) is 12.1 Å². The number of hydrogen-bond acceptors (Lipinski definition) is 4. The Kier molecular flexibility index (Phi) is 4.28. The highest BCUT2D eigenvalue weighted by atomic mass is 16.1. The van der Waals surface area contributed by atoms with Crippen molar-refractivity contribution in [2.24, 2.45) is 0 Å². The molecule has 5 heteroatoms. The van der Waals surface area contributed by atoms with Gasteiger partial charge in [0.25, 0.3) is 5.91 Å². The fraction of sp³-hybridized carbons (Fsp3) is 0.389. The molecule has 1 N–H and O–H groups in total. The molecule has 1 fully saturated rings. The highest BCUT2D eigenvalue weighted by molar-refractivity contribution is 6.03. The zero-order chi connectivity index (χ0) is 16.4. The second kappa shape index (κ2) is 6.36. The first-order valence-corrected chi connectivity index (χ1v) is 8.03.